The van der Waals surface area contributed by atoms with E-state index >= 15 is 0 Å². The van der Waals surface area contributed by atoms with Gasteiger partial charge in [0.25, 0.3) is 0 Å². The van der Waals surface area contributed by atoms with Gasteiger partial charge in [0.05, 0.1) is 6.04 Å². The maximum absolute atomic E-state index is 12.9. The summed E-state index contributed by atoms with van der Waals surface area (Å²) in [6.07, 6.45) is 0. The van der Waals surface area contributed by atoms with Crippen molar-refractivity contribution < 1.29 is 13.6 Å². The molecule has 1 atom stereocenters. The summed E-state index contributed by atoms with van der Waals surface area (Å²) in [6.45, 7) is 3.98. The summed E-state index contributed by atoms with van der Waals surface area (Å²) in [5.74, 6) is -2.20. The number of nitrogens with two attached hydrogens (primary N) is 1. The molecule has 3 nitrogen and oxygen atoms in total. The highest BCUT2D eigenvalue weighted by Gasteiger charge is 2.18. The Morgan fingerprint density at radius 1 is 1.35 bits per heavy atom. The van der Waals surface area contributed by atoms with E-state index in [0.29, 0.717) is 5.56 Å². The Labute approximate surface area is 99.0 Å². The average Bonchev–Trinajstić information content (AvgIpc) is 2.22. The first kappa shape index (κ1) is 13.6. The third-order valence-electron chi connectivity index (χ3n) is 2.48. The first-order valence-electron chi connectivity index (χ1n) is 5.38. The molecule has 1 aromatic carbocycles. The molecule has 0 aliphatic carbocycles. The van der Waals surface area contributed by atoms with Gasteiger partial charge >= 0.3 is 0 Å². The third-order valence-corrected chi connectivity index (χ3v) is 2.48. The van der Waals surface area contributed by atoms with Crippen LogP contribution in [0.1, 0.15) is 19.4 Å². The second-order valence-corrected chi connectivity index (χ2v) is 4.25. The van der Waals surface area contributed by atoms with Gasteiger partial charge in [-0.3, -0.25) is 4.79 Å². The molecule has 3 N–H and O–H groups in total. The molecule has 1 rings (SSSR count). The molecule has 94 valence electrons. The van der Waals surface area contributed by atoms with Crippen molar-refractivity contribution >= 4 is 5.91 Å². The smallest absolute Gasteiger partial charge is 0.234 e. The van der Waals surface area contributed by atoms with Crippen molar-refractivity contribution in [3.05, 3.63) is 35.4 Å². The molecule has 0 aliphatic heterocycles. The third kappa shape index (κ3) is 3.78. The van der Waals surface area contributed by atoms with Gasteiger partial charge in [-0.1, -0.05) is 19.9 Å². The predicted molar refractivity (Wildman–Crippen MR) is 61.0 cm³/mol. The Kier molecular flexibility index (Phi) is 4.57. The first-order chi connectivity index (χ1) is 7.91. The second-order valence-electron chi connectivity index (χ2n) is 4.25. The minimum absolute atomic E-state index is 0.0396. The molecule has 1 unspecified atom stereocenters. The standard InChI is InChI=1S/C12H16F2N2O/c1-7(2)11(12(15)17)16-6-8-3-4-9(13)10(14)5-8/h3-5,7,11,16H,6H2,1-2H3,(H2,15,17). The number of hydrogen-bond acceptors (Lipinski definition) is 2. The highest BCUT2D eigenvalue weighted by molar-refractivity contribution is 5.80. The minimum Gasteiger partial charge on any atom is -0.368 e. The van der Waals surface area contributed by atoms with Gasteiger partial charge < -0.3 is 11.1 Å². The lowest BCUT2D eigenvalue weighted by Crippen LogP contribution is -2.44. The monoisotopic (exact) mass is 242 g/mol. The summed E-state index contributed by atoms with van der Waals surface area (Å²) in [7, 11) is 0. The van der Waals surface area contributed by atoms with Gasteiger partial charge in [-0.25, -0.2) is 8.78 Å². The SMILES string of the molecule is CC(C)C(NCc1ccc(F)c(F)c1)C(N)=O. The number of rotatable bonds is 5. The number of carbonyl (C=O) groups is 1. The van der Waals surface area contributed by atoms with E-state index < -0.39 is 23.6 Å². The molecular formula is C12H16F2N2O. The van der Waals surface area contributed by atoms with Gasteiger partial charge in [0.2, 0.25) is 5.91 Å². The number of amides is 1. The van der Waals surface area contributed by atoms with E-state index in [2.05, 4.69) is 5.32 Å². The number of nitrogens with one attached hydrogen (secondary N) is 1. The van der Waals surface area contributed by atoms with E-state index in [9.17, 15) is 13.6 Å². The Hall–Kier alpha value is -1.49. The van der Waals surface area contributed by atoms with Crippen LogP contribution >= 0.6 is 0 Å². The van der Waals surface area contributed by atoms with Crippen molar-refractivity contribution in [2.75, 3.05) is 0 Å². The predicted octanol–water partition coefficient (Wildman–Crippen LogP) is 1.56. The van der Waals surface area contributed by atoms with Crippen LogP contribution < -0.4 is 11.1 Å². The molecule has 5 heteroatoms. The highest BCUT2D eigenvalue weighted by atomic mass is 19.2. The van der Waals surface area contributed by atoms with Crippen LogP contribution in [0.5, 0.6) is 0 Å². The lowest BCUT2D eigenvalue weighted by molar-refractivity contribution is -0.121. The van der Waals surface area contributed by atoms with E-state index in [1.54, 1.807) is 0 Å². The Bertz CT molecular complexity index is 407. The topological polar surface area (TPSA) is 55.1 Å². The van der Waals surface area contributed by atoms with Crippen molar-refractivity contribution in [3.8, 4) is 0 Å². The van der Waals surface area contributed by atoms with Gasteiger partial charge in [0, 0.05) is 6.54 Å². The molecule has 17 heavy (non-hydrogen) atoms. The van der Waals surface area contributed by atoms with Crippen LogP contribution in [0.15, 0.2) is 18.2 Å². The van der Waals surface area contributed by atoms with Gasteiger partial charge in [-0.2, -0.15) is 0 Å². The Balaban J connectivity index is 2.65. The van der Waals surface area contributed by atoms with Crippen molar-refractivity contribution in [2.24, 2.45) is 11.7 Å². The lowest BCUT2D eigenvalue weighted by Gasteiger charge is -2.18. The van der Waals surface area contributed by atoms with Crippen LogP contribution in [0.3, 0.4) is 0 Å². The molecule has 0 radical (unpaired) electrons. The molecule has 0 aliphatic rings. The van der Waals surface area contributed by atoms with Gasteiger partial charge in [0.15, 0.2) is 11.6 Å². The van der Waals surface area contributed by atoms with E-state index in [0.717, 1.165) is 12.1 Å². The summed E-state index contributed by atoms with van der Waals surface area (Å²) >= 11 is 0. The van der Waals surface area contributed by atoms with Crippen molar-refractivity contribution in [1.29, 1.82) is 0 Å². The molecule has 0 bridgehead atoms. The van der Waals surface area contributed by atoms with Crippen molar-refractivity contribution in [2.45, 2.75) is 26.4 Å². The van der Waals surface area contributed by atoms with Crippen LogP contribution in [0.4, 0.5) is 8.78 Å². The molecule has 0 fully saturated rings. The lowest BCUT2D eigenvalue weighted by atomic mass is 10.0. The zero-order chi connectivity index (χ0) is 13.0. The van der Waals surface area contributed by atoms with Crippen LogP contribution in [0.2, 0.25) is 0 Å². The molecular weight excluding hydrogens is 226 g/mol. The number of primary amides is 1. The zero-order valence-corrected chi connectivity index (χ0v) is 9.84. The largest absolute Gasteiger partial charge is 0.368 e. The van der Waals surface area contributed by atoms with Crippen LogP contribution in [-0.4, -0.2) is 11.9 Å². The van der Waals surface area contributed by atoms with E-state index in [-0.39, 0.29) is 12.5 Å². The van der Waals surface area contributed by atoms with Crippen LogP contribution in [0, 0.1) is 17.6 Å². The maximum Gasteiger partial charge on any atom is 0.234 e. The molecule has 0 saturated heterocycles. The van der Waals surface area contributed by atoms with Crippen molar-refractivity contribution in [3.63, 3.8) is 0 Å². The normalized spacial score (nSPS) is 12.8. The summed E-state index contributed by atoms with van der Waals surface area (Å²) in [5, 5.41) is 2.92. The average molecular weight is 242 g/mol. The summed E-state index contributed by atoms with van der Waals surface area (Å²) in [6, 6.07) is 3.13. The molecule has 0 heterocycles. The molecule has 1 amide bonds. The number of hydrogen-bond donors (Lipinski definition) is 2. The van der Waals surface area contributed by atoms with Gasteiger partial charge in [0.1, 0.15) is 0 Å². The van der Waals surface area contributed by atoms with Crippen molar-refractivity contribution in [1.82, 2.24) is 5.32 Å². The van der Waals surface area contributed by atoms with Crippen LogP contribution in [-0.2, 0) is 11.3 Å². The molecule has 1 aromatic rings. The fourth-order valence-corrected chi connectivity index (χ4v) is 1.54. The fourth-order valence-electron chi connectivity index (χ4n) is 1.54. The number of halogens is 2. The van der Waals surface area contributed by atoms with Crippen LogP contribution in [0.25, 0.3) is 0 Å². The summed E-state index contributed by atoms with van der Waals surface area (Å²) in [4.78, 5) is 11.1. The van der Waals surface area contributed by atoms with E-state index in [4.69, 9.17) is 5.73 Å². The quantitative estimate of drug-likeness (QED) is 0.823. The fraction of sp³-hybridized carbons (Fsp3) is 0.417. The maximum atomic E-state index is 12.9. The number of benzene rings is 1. The summed E-state index contributed by atoms with van der Waals surface area (Å²) < 4.78 is 25.6. The molecule has 0 aromatic heterocycles. The second kappa shape index (κ2) is 5.72. The molecule has 0 spiro atoms. The van der Waals surface area contributed by atoms with Gasteiger partial charge in [-0.15, -0.1) is 0 Å². The number of carbonyl (C=O) groups excluding carboxylic acids is 1. The zero-order valence-electron chi connectivity index (χ0n) is 9.84. The van der Waals surface area contributed by atoms with E-state index in [1.807, 2.05) is 13.8 Å². The highest BCUT2D eigenvalue weighted by Crippen LogP contribution is 2.09. The molecule has 0 saturated carbocycles. The minimum atomic E-state index is -0.899. The first-order valence-corrected chi connectivity index (χ1v) is 5.38. The Morgan fingerprint density at radius 3 is 2.47 bits per heavy atom. The summed E-state index contributed by atoms with van der Waals surface area (Å²) in [5.41, 5.74) is 5.79. The van der Waals surface area contributed by atoms with Gasteiger partial charge in [-0.05, 0) is 23.6 Å². The van der Waals surface area contributed by atoms with E-state index in [1.165, 1.54) is 6.07 Å². The Morgan fingerprint density at radius 2 is 2.00 bits per heavy atom.